The van der Waals surface area contributed by atoms with Crippen LogP contribution in [0, 0.1) is 0 Å². The van der Waals surface area contributed by atoms with Gasteiger partial charge in [-0.25, -0.2) is 4.68 Å². The fraction of sp³-hybridized carbons (Fsp3) is 0.700. The van der Waals surface area contributed by atoms with Gasteiger partial charge < -0.3 is 10.5 Å². The van der Waals surface area contributed by atoms with Crippen molar-refractivity contribution in [3.8, 4) is 0 Å². The summed E-state index contributed by atoms with van der Waals surface area (Å²) in [4.78, 5) is 11.8. The van der Waals surface area contributed by atoms with E-state index in [1.165, 1.54) is 12.8 Å². The Bertz CT molecular complexity index is 388. The molecule has 0 atom stereocenters. The number of anilines is 1. The molecule has 0 aliphatic heterocycles. The third-order valence-electron chi connectivity index (χ3n) is 3.01. The predicted octanol–water partition coefficient (Wildman–Crippen LogP) is 1.02. The lowest BCUT2D eigenvalue weighted by atomic mass is 10.2. The van der Waals surface area contributed by atoms with E-state index >= 15 is 0 Å². The van der Waals surface area contributed by atoms with Crippen molar-refractivity contribution in [3.05, 3.63) is 16.0 Å². The number of nitrogens with one attached hydrogen (secondary N) is 1. The zero-order chi connectivity index (χ0) is 10.8. The highest BCUT2D eigenvalue weighted by molar-refractivity contribution is 5.40. The Labute approximate surface area is 88.2 Å². The molecular weight excluding hydrogens is 194 g/mol. The normalized spacial score (nSPS) is 17.4. The van der Waals surface area contributed by atoms with Gasteiger partial charge in [0.05, 0.1) is 18.3 Å². The van der Waals surface area contributed by atoms with E-state index in [4.69, 9.17) is 10.5 Å². The lowest BCUT2D eigenvalue weighted by Crippen LogP contribution is -2.21. The average molecular weight is 211 g/mol. The number of nitrogens with two attached hydrogens (primary N) is 1. The molecule has 0 amide bonds. The maximum atomic E-state index is 11.8. The minimum Gasteiger partial charge on any atom is -0.393 e. The Morgan fingerprint density at radius 1 is 1.53 bits per heavy atom. The van der Waals surface area contributed by atoms with Gasteiger partial charge in [-0.15, -0.1) is 0 Å². The molecule has 0 spiro atoms. The van der Waals surface area contributed by atoms with Crippen LogP contribution >= 0.6 is 0 Å². The Kier molecular flexibility index (Phi) is 2.81. The standard InChI is InChI=1S/C10H17N3O2/c1-15-6-8-9(11)10(14)13(12-8)7-4-2-3-5-7/h7,12H,2-6,11H2,1H3. The molecule has 0 saturated heterocycles. The zero-order valence-corrected chi connectivity index (χ0v) is 8.95. The van der Waals surface area contributed by atoms with Crippen LogP contribution in [0.5, 0.6) is 0 Å². The molecule has 5 heteroatoms. The largest absolute Gasteiger partial charge is 0.393 e. The molecule has 2 rings (SSSR count). The van der Waals surface area contributed by atoms with Gasteiger partial charge in [-0.2, -0.15) is 0 Å². The molecule has 5 nitrogen and oxygen atoms in total. The molecule has 0 radical (unpaired) electrons. The SMILES string of the molecule is COCc1[nH]n(C2CCCC2)c(=O)c1N. The third-order valence-corrected chi connectivity index (χ3v) is 3.01. The number of aromatic nitrogens is 2. The van der Waals surface area contributed by atoms with Gasteiger partial charge in [0, 0.05) is 7.11 Å². The molecule has 1 heterocycles. The number of hydrogen-bond donors (Lipinski definition) is 2. The molecule has 1 fully saturated rings. The molecule has 15 heavy (non-hydrogen) atoms. The van der Waals surface area contributed by atoms with Gasteiger partial charge in [-0.05, 0) is 12.8 Å². The minimum absolute atomic E-state index is 0.103. The van der Waals surface area contributed by atoms with Crippen LogP contribution in [0.1, 0.15) is 37.4 Å². The van der Waals surface area contributed by atoms with Crippen molar-refractivity contribution in [2.45, 2.75) is 38.3 Å². The van der Waals surface area contributed by atoms with Crippen molar-refractivity contribution in [2.75, 3.05) is 12.8 Å². The highest BCUT2D eigenvalue weighted by Crippen LogP contribution is 2.28. The van der Waals surface area contributed by atoms with E-state index in [9.17, 15) is 4.79 Å². The van der Waals surface area contributed by atoms with Crippen LogP contribution in [-0.4, -0.2) is 16.9 Å². The Hall–Kier alpha value is -1.23. The molecule has 0 unspecified atom stereocenters. The zero-order valence-electron chi connectivity index (χ0n) is 8.95. The maximum absolute atomic E-state index is 11.8. The number of nitrogens with zero attached hydrogens (tertiary/aromatic N) is 1. The molecule has 84 valence electrons. The van der Waals surface area contributed by atoms with Crippen LogP contribution in [0.2, 0.25) is 0 Å². The van der Waals surface area contributed by atoms with Crippen LogP contribution < -0.4 is 11.3 Å². The van der Waals surface area contributed by atoms with Gasteiger partial charge in [-0.1, -0.05) is 12.8 Å². The lowest BCUT2D eigenvalue weighted by Gasteiger charge is -2.09. The number of ether oxygens (including phenoxy) is 1. The molecule has 1 saturated carbocycles. The predicted molar refractivity (Wildman–Crippen MR) is 57.7 cm³/mol. The Morgan fingerprint density at radius 3 is 2.80 bits per heavy atom. The van der Waals surface area contributed by atoms with Crippen molar-refractivity contribution in [1.29, 1.82) is 0 Å². The number of hydrogen-bond acceptors (Lipinski definition) is 3. The van der Waals surface area contributed by atoms with Crippen molar-refractivity contribution in [1.82, 2.24) is 9.78 Å². The van der Waals surface area contributed by atoms with Crippen LogP contribution in [-0.2, 0) is 11.3 Å². The van der Waals surface area contributed by atoms with Gasteiger partial charge in [0.2, 0.25) is 0 Å². The minimum atomic E-state index is -0.103. The Morgan fingerprint density at radius 2 is 2.20 bits per heavy atom. The Balaban J connectivity index is 2.31. The summed E-state index contributed by atoms with van der Waals surface area (Å²) in [6.45, 7) is 0.362. The number of nitrogen functional groups attached to an aromatic ring is 1. The fourth-order valence-electron chi connectivity index (χ4n) is 2.19. The second kappa shape index (κ2) is 4.10. The first kappa shape index (κ1) is 10.3. The van der Waals surface area contributed by atoms with Gasteiger partial charge in [0.1, 0.15) is 5.69 Å². The number of H-pyrrole nitrogens is 1. The highest BCUT2D eigenvalue weighted by Gasteiger charge is 2.21. The molecule has 1 aliphatic rings. The maximum Gasteiger partial charge on any atom is 0.290 e. The topological polar surface area (TPSA) is 73.0 Å². The second-order valence-electron chi connectivity index (χ2n) is 4.05. The number of methoxy groups -OCH3 is 1. The fourth-order valence-corrected chi connectivity index (χ4v) is 2.19. The number of aromatic amines is 1. The second-order valence-corrected chi connectivity index (χ2v) is 4.05. The van der Waals surface area contributed by atoms with Crippen molar-refractivity contribution >= 4 is 5.69 Å². The molecule has 1 aliphatic carbocycles. The van der Waals surface area contributed by atoms with Crippen LogP contribution in [0.15, 0.2) is 4.79 Å². The highest BCUT2D eigenvalue weighted by atomic mass is 16.5. The van der Waals surface area contributed by atoms with E-state index in [-0.39, 0.29) is 5.56 Å². The summed E-state index contributed by atoms with van der Waals surface area (Å²) in [5.41, 5.74) is 6.59. The molecular formula is C10H17N3O2. The van der Waals surface area contributed by atoms with E-state index < -0.39 is 0 Å². The van der Waals surface area contributed by atoms with Crippen LogP contribution in [0.4, 0.5) is 5.69 Å². The third kappa shape index (κ3) is 1.79. The van der Waals surface area contributed by atoms with Gasteiger partial charge in [-0.3, -0.25) is 9.89 Å². The first-order valence-electron chi connectivity index (χ1n) is 5.32. The summed E-state index contributed by atoms with van der Waals surface area (Å²) in [5, 5.41) is 3.05. The first-order valence-corrected chi connectivity index (χ1v) is 5.32. The average Bonchev–Trinajstić information content (AvgIpc) is 2.82. The van der Waals surface area contributed by atoms with Gasteiger partial charge in [0.15, 0.2) is 0 Å². The van der Waals surface area contributed by atoms with Crippen molar-refractivity contribution in [2.24, 2.45) is 0 Å². The van der Waals surface area contributed by atoms with Crippen LogP contribution in [0.3, 0.4) is 0 Å². The van der Waals surface area contributed by atoms with Crippen LogP contribution in [0.25, 0.3) is 0 Å². The van der Waals surface area contributed by atoms with Crippen molar-refractivity contribution < 1.29 is 4.74 Å². The summed E-state index contributed by atoms with van der Waals surface area (Å²) in [7, 11) is 1.59. The summed E-state index contributed by atoms with van der Waals surface area (Å²) >= 11 is 0. The van der Waals surface area contributed by atoms with E-state index in [0.29, 0.717) is 24.0 Å². The van der Waals surface area contributed by atoms with E-state index in [1.54, 1.807) is 11.8 Å². The molecule has 1 aromatic rings. The number of rotatable bonds is 3. The summed E-state index contributed by atoms with van der Waals surface area (Å²) in [6.07, 6.45) is 4.50. The summed E-state index contributed by atoms with van der Waals surface area (Å²) in [5.74, 6) is 0. The molecule has 0 bridgehead atoms. The van der Waals surface area contributed by atoms with E-state index in [2.05, 4.69) is 5.10 Å². The van der Waals surface area contributed by atoms with E-state index in [0.717, 1.165) is 12.8 Å². The molecule has 1 aromatic heterocycles. The summed E-state index contributed by atoms with van der Waals surface area (Å²) in [6, 6.07) is 0.297. The van der Waals surface area contributed by atoms with E-state index in [1.807, 2.05) is 0 Å². The van der Waals surface area contributed by atoms with Gasteiger partial charge >= 0.3 is 0 Å². The monoisotopic (exact) mass is 211 g/mol. The summed E-state index contributed by atoms with van der Waals surface area (Å²) < 4.78 is 6.64. The van der Waals surface area contributed by atoms with Gasteiger partial charge in [0.25, 0.3) is 5.56 Å². The first-order chi connectivity index (χ1) is 7.24. The quantitative estimate of drug-likeness (QED) is 0.784. The molecule has 3 N–H and O–H groups in total. The smallest absolute Gasteiger partial charge is 0.290 e. The molecule has 0 aromatic carbocycles. The lowest BCUT2D eigenvalue weighted by molar-refractivity contribution is 0.181. The van der Waals surface area contributed by atoms with Crippen molar-refractivity contribution in [3.63, 3.8) is 0 Å².